The first-order valence-electron chi connectivity index (χ1n) is 3.59. The van der Waals surface area contributed by atoms with Crippen molar-refractivity contribution in [2.24, 2.45) is 0 Å². The molecule has 1 aromatic rings. The minimum atomic E-state index is 0.198. The van der Waals surface area contributed by atoms with Gasteiger partial charge in [0.2, 0.25) is 0 Å². The molecule has 2 heteroatoms. The molecule has 59 valence electrons. The van der Waals surface area contributed by atoms with E-state index in [1.54, 1.807) is 7.05 Å². The van der Waals surface area contributed by atoms with Crippen LogP contribution in [-0.4, -0.2) is 7.05 Å². The van der Waals surface area contributed by atoms with Crippen molar-refractivity contribution in [3.8, 4) is 0 Å². The normalized spacial score (nSPS) is 13.0. The number of hydrogen-bond donors (Lipinski definition) is 0. The molecule has 0 unspecified atom stereocenters. The fourth-order valence-corrected chi connectivity index (χ4v) is 1.25. The molecule has 0 amide bonds. The standard InChI is InChI=1S/C9H11ClN/c1-7(11-2)8-5-3-4-6-9(8)10/h3-7H,1-2H3/t7-/m1/s1. The minimum Gasteiger partial charge on any atom is -0.237 e. The number of nitrogens with zero attached hydrogens (tertiary/aromatic N) is 1. The van der Waals surface area contributed by atoms with E-state index in [1.807, 2.05) is 31.2 Å². The molecule has 0 aliphatic heterocycles. The maximum Gasteiger partial charge on any atom is 0.0478 e. The van der Waals surface area contributed by atoms with Crippen LogP contribution in [-0.2, 0) is 0 Å². The van der Waals surface area contributed by atoms with Gasteiger partial charge in [-0.3, -0.25) is 0 Å². The summed E-state index contributed by atoms with van der Waals surface area (Å²) in [6.45, 7) is 2.03. The quantitative estimate of drug-likeness (QED) is 0.645. The molecule has 0 saturated heterocycles. The Kier molecular flexibility index (Phi) is 2.92. The second kappa shape index (κ2) is 3.74. The fourth-order valence-electron chi connectivity index (χ4n) is 0.953. The molecule has 1 atom stereocenters. The first-order valence-corrected chi connectivity index (χ1v) is 3.97. The molecular formula is C9H11ClN. The lowest BCUT2D eigenvalue weighted by Gasteiger charge is -2.09. The van der Waals surface area contributed by atoms with E-state index in [-0.39, 0.29) is 6.04 Å². The average Bonchev–Trinajstić information content (AvgIpc) is 2.04. The largest absolute Gasteiger partial charge is 0.237 e. The summed E-state index contributed by atoms with van der Waals surface area (Å²) >= 11 is 5.94. The van der Waals surface area contributed by atoms with Crippen LogP contribution < -0.4 is 5.32 Å². The maximum atomic E-state index is 5.94. The lowest BCUT2D eigenvalue weighted by Crippen LogP contribution is -2.05. The Morgan fingerprint density at radius 1 is 1.36 bits per heavy atom. The zero-order chi connectivity index (χ0) is 8.27. The molecule has 0 spiro atoms. The predicted molar refractivity (Wildman–Crippen MR) is 47.9 cm³/mol. The Hall–Kier alpha value is -0.530. The molecule has 0 aliphatic carbocycles. The lowest BCUT2D eigenvalue weighted by atomic mass is 10.1. The van der Waals surface area contributed by atoms with E-state index >= 15 is 0 Å². The van der Waals surface area contributed by atoms with Crippen LogP contribution in [0.4, 0.5) is 0 Å². The molecule has 1 rings (SSSR count). The van der Waals surface area contributed by atoms with Gasteiger partial charge in [0.25, 0.3) is 0 Å². The highest BCUT2D eigenvalue weighted by atomic mass is 35.5. The van der Waals surface area contributed by atoms with Crippen LogP contribution in [0.2, 0.25) is 5.02 Å². The summed E-state index contributed by atoms with van der Waals surface area (Å²) in [5, 5.41) is 4.93. The second-order valence-corrected chi connectivity index (χ2v) is 2.86. The van der Waals surface area contributed by atoms with Crippen molar-refractivity contribution in [1.82, 2.24) is 5.32 Å². The smallest absolute Gasteiger partial charge is 0.0478 e. The first-order chi connectivity index (χ1) is 5.25. The maximum absolute atomic E-state index is 5.94. The third-order valence-corrected chi connectivity index (χ3v) is 2.09. The molecule has 0 aromatic heterocycles. The van der Waals surface area contributed by atoms with Gasteiger partial charge in [-0.15, -0.1) is 0 Å². The predicted octanol–water partition coefficient (Wildman–Crippen LogP) is 2.64. The highest BCUT2D eigenvalue weighted by Crippen LogP contribution is 2.21. The van der Waals surface area contributed by atoms with Gasteiger partial charge in [0.05, 0.1) is 0 Å². The molecule has 0 aliphatic rings. The monoisotopic (exact) mass is 168 g/mol. The van der Waals surface area contributed by atoms with Crippen molar-refractivity contribution < 1.29 is 0 Å². The summed E-state index contributed by atoms with van der Waals surface area (Å²) in [5.41, 5.74) is 1.09. The van der Waals surface area contributed by atoms with Gasteiger partial charge < -0.3 is 0 Å². The molecule has 0 bridgehead atoms. The molecule has 1 radical (unpaired) electrons. The third-order valence-electron chi connectivity index (χ3n) is 1.74. The Morgan fingerprint density at radius 3 is 2.55 bits per heavy atom. The van der Waals surface area contributed by atoms with Gasteiger partial charge in [-0.1, -0.05) is 29.8 Å². The van der Waals surface area contributed by atoms with Crippen molar-refractivity contribution in [3.63, 3.8) is 0 Å². The first kappa shape index (κ1) is 8.57. The summed E-state index contributed by atoms with van der Waals surface area (Å²) < 4.78 is 0. The minimum absolute atomic E-state index is 0.198. The van der Waals surface area contributed by atoms with Gasteiger partial charge >= 0.3 is 0 Å². The van der Waals surface area contributed by atoms with Crippen LogP contribution in [0.3, 0.4) is 0 Å². The van der Waals surface area contributed by atoms with Crippen molar-refractivity contribution in [2.45, 2.75) is 13.0 Å². The second-order valence-electron chi connectivity index (χ2n) is 2.46. The zero-order valence-corrected chi connectivity index (χ0v) is 7.47. The molecule has 0 fully saturated rings. The van der Waals surface area contributed by atoms with Gasteiger partial charge in [-0.05, 0) is 18.6 Å². The summed E-state index contributed by atoms with van der Waals surface area (Å²) in [5.74, 6) is 0. The van der Waals surface area contributed by atoms with Crippen LogP contribution in [0.1, 0.15) is 18.5 Å². The Morgan fingerprint density at radius 2 is 2.00 bits per heavy atom. The van der Waals surface area contributed by atoms with Gasteiger partial charge in [-0.25, -0.2) is 5.32 Å². The van der Waals surface area contributed by atoms with Gasteiger partial charge in [-0.2, -0.15) is 0 Å². The van der Waals surface area contributed by atoms with Crippen LogP contribution in [0.15, 0.2) is 24.3 Å². The van der Waals surface area contributed by atoms with Gasteiger partial charge in [0.15, 0.2) is 0 Å². The van der Waals surface area contributed by atoms with Gasteiger partial charge in [0.1, 0.15) is 0 Å². The Balaban J connectivity index is 2.93. The molecular weight excluding hydrogens is 158 g/mol. The SMILES string of the molecule is C[N][C@H](C)c1ccccc1Cl. The zero-order valence-electron chi connectivity index (χ0n) is 6.71. The van der Waals surface area contributed by atoms with E-state index in [4.69, 9.17) is 11.6 Å². The molecule has 11 heavy (non-hydrogen) atoms. The number of hydrogen-bond acceptors (Lipinski definition) is 0. The van der Waals surface area contributed by atoms with Crippen molar-refractivity contribution in [3.05, 3.63) is 34.9 Å². The van der Waals surface area contributed by atoms with E-state index < -0.39 is 0 Å². The average molecular weight is 169 g/mol. The van der Waals surface area contributed by atoms with Crippen LogP contribution in [0.5, 0.6) is 0 Å². The van der Waals surface area contributed by atoms with Crippen molar-refractivity contribution >= 4 is 11.6 Å². The molecule has 0 N–H and O–H groups in total. The highest BCUT2D eigenvalue weighted by Gasteiger charge is 2.05. The van der Waals surface area contributed by atoms with E-state index in [1.165, 1.54) is 0 Å². The Labute approximate surface area is 72.4 Å². The lowest BCUT2D eigenvalue weighted by molar-refractivity contribution is 0.639. The van der Waals surface area contributed by atoms with E-state index in [2.05, 4.69) is 5.32 Å². The van der Waals surface area contributed by atoms with E-state index in [0.717, 1.165) is 10.6 Å². The molecule has 1 aromatic carbocycles. The number of rotatable bonds is 2. The van der Waals surface area contributed by atoms with Crippen molar-refractivity contribution in [1.29, 1.82) is 0 Å². The summed E-state index contributed by atoms with van der Waals surface area (Å²) in [6.07, 6.45) is 0. The van der Waals surface area contributed by atoms with Gasteiger partial charge in [0, 0.05) is 18.1 Å². The number of halogens is 1. The summed E-state index contributed by atoms with van der Waals surface area (Å²) in [4.78, 5) is 0. The third kappa shape index (κ3) is 1.95. The fraction of sp³-hybridized carbons (Fsp3) is 0.333. The molecule has 0 heterocycles. The van der Waals surface area contributed by atoms with Crippen LogP contribution in [0.25, 0.3) is 0 Å². The van der Waals surface area contributed by atoms with Crippen LogP contribution >= 0.6 is 11.6 Å². The van der Waals surface area contributed by atoms with E-state index in [9.17, 15) is 0 Å². The van der Waals surface area contributed by atoms with Crippen LogP contribution in [0, 0.1) is 0 Å². The molecule has 0 saturated carbocycles. The number of benzene rings is 1. The summed E-state index contributed by atoms with van der Waals surface area (Å²) in [6, 6.07) is 7.99. The highest BCUT2D eigenvalue weighted by molar-refractivity contribution is 6.31. The summed E-state index contributed by atoms with van der Waals surface area (Å²) in [7, 11) is 1.80. The van der Waals surface area contributed by atoms with E-state index in [0.29, 0.717) is 0 Å². The topological polar surface area (TPSA) is 14.1 Å². The Bertz CT molecular complexity index is 235. The molecule has 1 nitrogen and oxygen atoms in total. The van der Waals surface area contributed by atoms with Crippen molar-refractivity contribution in [2.75, 3.05) is 7.05 Å².